The maximum absolute atomic E-state index is 11.9. The van der Waals surface area contributed by atoms with Gasteiger partial charge in [-0.1, -0.05) is 19.1 Å². The molecule has 1 aliphatic rings. The lowest BCUT2D eigenvalue weighted by Crippen LogP contribution is -2.30. The van der Waals surface area contributed by atoms with E-state index in [1.807, 2.05) is 12.1 Å². The Morgan fingerprint density at radius 2 is 2.12 bits per heavy atom. The fourth-order valence-corrected chi connectivity index (χ4v) is 1.90. The second-order valence-electron chi connectivity index (χ2n) is 4.62. The molecule has 0 radical (unpaired) electrons. The summed E-state index contributed by atoms with van der Waals surface area (Å²) in [5.74, 6) is -0.0576. The number of nitrogens with one attached hydrogen (secondary N) is 1. The number of hydrogen-bond acceptors (Lipinski definition) is 2. The second kappa shape index (κ2) is 4.16. The van der Waals surface area contributed by atoms with E-state index >= 15 is 0 Å². The minimum Gasteiger partial charge on any atom is -0.398 e. The first kappa shape index (κ1) is 11.0. The minimum atomic E-state index is -0.0576. The van der Waals surface area contributed by atoms with Crippen LogP contribution in [0.25, 0.3) is 0 Å². The van der Waals surface area contributed by atoms with E-state index in [0.717, 1.165) is 13.0 Å². The summed E-state index contributed by atoms with van der Waals surface area (Å²) in [6, 6.07) is 7.18. The Bertz CT molecular complexity index is 397. The van der Waals surface area contributed by atoms with E-state index < -0.39 is 0 Å². The van der Waals surface area contributed by atoms with Gasteiger partial charge in [-0.05, 0) is 36.8 Å². The molecule has 3 N–H and O–H groups in total. The van der Waals surface area contributed by atoms with E-state index in [0.29, 0.717) is 16.7 Å². The summed E-state index contributed by atoms with van der Waals surface area (Å²) >= 11 is 0. The van der Waals surface area contributed by atoms with E-state index in [1.54, 1.807) is 12.1 Å². The van der Waals surface area contributed by atoms with Gasteiger partial charge in [0.15, 0.2) is 0 Å². The number of carbonyl (C=O) groups excluding carboxylic acids is 1. The molecule has 3 heteroatoms. The van der Waals surface area contributed by atoms with Crippen LogP contribution in [0, 0.1) is 5.41 Å². The van der Waals surface area contributed by atoms with Gasteiger partial charge in [0.25, 0.3) is 5.91 Å². The van der Waals surface area contributed by atoms with Crippen molar-refractivity contribution in [2.45, 2.75) is 26.2 Å². The number of amides is 1. The normalized spacial score (nSPS) is 16.8. The molecular formula is C13H18N2O. The van der Waals surface area contributed by atoms with Crippen molar-refractivity contribution < 1.29 is 4.79 Å². The second-order valence-corrected chi connectivity index (χ2v) is 4.62. The molecule has 1 saturated carbocycles. The van der Waals surface area contributed by atoms with Crippen molar-refractivity contribution in [2.24, 2.45) is 5.41 Å². The number of benzene rings is 1. The van der Waals surface area contributed by atoms with E-state index in [9.17, 15) is 4.79 Å². The molecule has 0 atom stereocenters. The monoisotopic (exact) mass is 218 g/mol. The van der Waals surface area contributed by atoms with Crippen LogP contribution in [0.4, 0.5) is 5.69 Å². The molecule has 0 spiro atoms. The lowest BCUT2D eigenvalue weighted by Gasteiger charge is -2.14. The largest absolute Gasteiger partial charge is 0.398 e. The summed E-state index contributed by atoms with van der Waals surface area (Å²) in [5, 5.41) is 2.97. The SMILES string of the molecule is CCC1(CNC(=O)c2ccccc2N)CC1. The van der Waals surface area contributed by atoms with Gasteiger partial charge < -0.3 is 11.1 Å². The van der Waals surface area contributed by atoms with Crippen LogP contribution in [0.3, 0.4) is 0 Å². The minimum absolute atomic E-state index is 0.0576. The zero-order chi connectivity index (χ0) is 11.6. The number of rotatable bonds is 4. The van der Waals surface area contributed by atoms with Gasteiger partial charge in [-0.2, -0.15) is 0 Å². The number of para-hydroxylation sites is 1. The molecule has 2 rings (SSSR count). The summed E-state index contributed by atoms with van der Waals surface area (Å²) in [6.45, 7) is 2.95. The lowest BCUT2D eigenvalue weighted by molar-refractivity contribution is 0.0945. The van der Waals surface area contributed by atoms with Crippen LogP contribution in [0.15, 0.2) is 24.3 Å². The Kier molecular flexibility index (Phi) is 2.86. The van der Waals surface area contributed by atoms with Crippen LogP contribution in [-0.4, -0.2) is 12.5 Å². The summed E-state index contributed by atoms with van der Waals surface area (Å²) in [7, 11) is 0. The highest BCUT2D eigenvalue weighted by Gasteiger charge is 2.40. The third-order valence-electron chi connectivity index (χ3n) is 3.54. The average Bonchev–Trinajstić information content (AvgIpc) is 3.07. The van der Waals surface area contributed by atoms with Crippen molar-refractivity contribution in [3.63, 3.8) is 0 Å². The van der Waals surface area contributed by atoms with Crippen molar-refractivity contribution in [3.8, 4) is 0 Å². The first-order chi connectivity index (χ1) is 7.67. The highest BCUT2D eigenvalue weighted by Crippen LogP contribution is 2.47. The molecule has 0 saturated heterocycles. The van der Waals surface area contributed by atoms with Crippen molar-refractivity contribution >= 4 is 11.6 Å². The van der Waals surface area contributed by atoms with Crippen LogP contribution in [0.2, 0.25) is 0 Å². The van der Waals surface area contributed by atoms with Gasteiger partial charge in [0.2, 0.25) is 0 Å². The van der Waals surface area contributed by atoms with Gasteiger partial charge in [-0.3, -0.25) is 4.79 Å². The number of hydrogen-bond donors (Lipinski definition) is 2. The van der Waals surface area contributed by atoms with Crippen molar-refractivity contribution in [1.29, 1.82) is 0 Å². The smallest absolute Gasteiger partial charge is 0.253 e. The van der Waals surface area contributed by atoms with Crippen molar-refractivity contribution in [2.75, 3.05) is 12.3 Å². The fourth-order valence-electron chi connectivity index (χ4n) is 1.90. The molecule has 1 aromatic rings. The Morgan fingerprint density at radius 3 is 2.69 bits per heavy atom. The van der Waals surface area contributed by atoms with Gasteiger partial charge in [-0.25, -0.2) is 0 Å². The highest BCUT2D eigenvalue weighted by molar-refractivity contribution is 5.99. The standard InChI is InChI=1S/C13H18N2O/c1-2-13(7-8-13)9-15-12(16)10-5-3-4-6-11(10)14/h3-6H,2,7-9,14H2,1H3,(H,15,16). The molecule has 1 fully saturated rings. The van der Waals surface area contributed by atoms with Crippen LogP contribution in [0.5, 0.6) is 0 Å². The van der Waals surface area contributed by atoms with Gasteiger partial charge in [0.05, 0.1) is 5.56 Å². The van der Waals surface area contributed by atoms with Gasteiger partial charge in [0, 0.05) is 12.2 Å². The topological polar surface area (TPSA) is 55.1 Å². The number of nitrogens with two attached hydrogens (primary N) is 1. The molecule has 0 heterocycles. The predicted molar refractivity (Wildman–Crippen MR) is 65.1 cm³/mol. The molecular weight excluding hydrogens is 200 g/mol. The Labute approximate surface area is 96.0 Å². The average molecular weight is 218 g/mol. The van der Waals surface area contributed by atoms with Crippen LogP contribution >= 0.6 is 0 Å². The van der Waals surface area contributed by atoms with Crippen LogP contribution in [0.1, 0.15) is 36.5 Å². The molecule has 16 heavy (non-hydrogen) atoms. The third-order valence-corrected chi connectivity index (χ3v) is 3.54. The predicted octanol–water partition coefficient (Wildman–Crippen LogP) is 2.19. The molecule has 0 aliphatic heterocycles. The van der Waals surface area contributed by atoms with E-state index in [-0.39, 0.29) is 5.91 Å². The molecule has 86 valence electrons. The number of nitrogen functional groups attached to an aromatic ring is 1. The Hall–Kier alpha value is -1.51. The first-order valence-corrected chi connectivity index (χ1v) is 5.80. The molecule has 0 aromatic heterocycles. The lowest BCUT2D eigenvalue weighted by atomic mass is 10.0. The molecule has 3 nitrogen and oxygen atoms in total. The Balaban J connectivity index is 1.96. The van der Waals surface area contributed by atoms with E-state index in [2.05, 4.69) is 12.2 Å². The Morgan fingerprint density at radius 1 is 1.44 bits per heavy atom. The zero-order valence-electron chi connectivity index (χ0n) is 9.62. The molecule has 0 unspecified atom stereocenters. The molecule has 0 bridgehead atoms. The van der Waals surface area contributed by atoms with Gasteiger partial charge >= 0.3 is 0 Å². The number of anilines is 1. The number of carbonyl (C=O) groups is 1. The summed E-state index contributed by atoms with van der Waals surface area (Å²) < 4.78 is 0. The van der Waals surface area contributed by atoms with Crippen LogP contribution in [-0.2, 0) is 0 Å². The summed E-state index contributed by atoms with van der Waals surface area (Å²) in [5.41, 5.74) is 7.24. The van der Waals surface area contributed by atoms with Crippen molar-refractivity contribution in [3.05, 3.63) is 29.8 Å². The quantitative estimate of drug-likeness (QED) is 0.761. The van der Waals surface area contributed by atoms with Gasteiger partial charge in [0.1, 0.15) is 0 Å². The third kappa shape index (κ3) is 2.18. The summed E-state index contributed by atoms with van der Waals surface area (Å²) in [6.07, 6.45) is 3.60. The molecule has 1 amide bonds. The van der Waals surface area contributed by atoms with E-state index in [1.165, 1.54) is 12.8 Å². The van der Waals surface area contributed by atoms with E-state index in [4.69, 9.17) is 5.73 Å². The first-order valence-electron chi connectivity index (χ1n) is 5.80. The molecule has 1 aliphatic carbocycles. The highest BCUT2D eigenvalue weighted by atomic mass is 16.1. The fraction of sp³-hybridized carbons (Fsp3) is 0.462. The maximum Gasteiger partial charge on any atom is 0.253 e. The van der Waals surface area contributed by atoms with Gasteiger partial charge in [-0.15, -0.1) is 0 Å². The maximum atomic E-state index is 11.9. The van der Waals surface area contributed by atoms with Crippen molar-refractivity contribution in [1.82, 2.24) is 5.32 Å². The molecule has 1 aromatic carbocycles. The van der Waals surface area contributed by atoms with Crippen LogP contribution < -0.4 is 11.1 Å². The summed E-state index contributed by atoms with van der Waals surface area (Å²) in [4.78, 5) is 11.9. The zero-order valence-corrected chi connectivity index (χ0v) is 9.62.